The molecule has 2 aromatic heterocycles. The highest BCUT2D eigenvalue weighted by Crippen LogP contribution is 2.12. The summed E-state index contributed by atoms with van der Waals surface area (Å²) in [7, 11) is 0. The first-order valence-electron chi connectivity index (χ1n) is 4.16. The van der Waals surface area contributed by atoms with Gasteiger partial charge in [-0.2, -0.15) is 4.40 Å². The maximum Gasteiger partial charge on any atom is 0.328 e. The Balaban J connectivity index is 2.94. The standard InChI is InChI=1S/C10H10N2S/c1-7-10(13)8(2)12-6-4-3-5-9(12)11-7/h3-6H,1-2H3/p+1. The molecule has 0 aliphatic heterocycles. The lowest BCUT2D eigenvalue weighted by Gasteiger charge is -1.99. The van der Waals surface area contributed by atoms with Crippen LogP contribution in [0.5, 0.6) is 0 Å². The van der Waals surface area contributed by atoms with Crippen LogP contribution in [0.2, 0.25) is 0 Å². The summed E-state index contributed by atoms with van der Waals surface area (Å²) in [5.74, 6) is 0. The van der Waals surface area contributed by atoms with E-state index in [4.69, 9.17) is 0 Å². The van der Waals surface area contributed by atoms with Crippen molar-refractivity contribution in [3.05, 3.63) is 35.8 Å². The van der Waals surface area contributed by atoms with E-state index in [9.17, 15) is 0 Å². The maximum atomic E-state index is 4.42. The molecule has 0 unspecified atom stereocenters. The molecule has 0 saturated heterocycles. The van der Waals surface area contributed by atoms with Crippen molar-refractivity contribution in [3.8, 4) is 0 Å². The van der Waals surface area contributed by atoms with Gasteiger partial charge in [-0.3, -0.25) is 0 Å². The molecule has 0 aliphatic carbocycles. The molecule has 0 atom stereocenters. The van der Waals surface area contributed by atoms with Crippen LogP contribution in [0.15, 0.2) is 29.3 Å². The van der Waals surface area contributed by atoms with Gasteiger partial charge < -0.3 is 0 Å². The fourth-order valence-corrected chi connectivity index (χ4v) is 1.57. The molecule has 2 aromatic rings. The van der Waals surface area contributed by atoms with Crippen LogP contribution in [0.4, 0.5) is 0 Å². The number of pyridine rings is 1. The molecular formula is C10H11N2S+. The molecule has 0 spiro atoms. The summed E-state index contributed by atoms with van der Waals surface area (Å²) in [6.45, 7) is 4.02. The van der Waals surface area contributed by atoms with Crippen molar-refractivity contribution in [2.24, 2.45) is 0 Å². The van der Waals surface area contributed by atoms with Crippen LogP contribution >= 0.6 is 12.6 Å². The summed E-state index contributed by atoms with van der Waals surface area (Å²) in [5, 5.41) is 0. The second-order valence-corrected chi connectivity index (χ2v) is 3.51. The Morgan fingerprint density at radius 1 is 1.31 bits per heavy atom. The van der Waals surface area contributed by atoms with Crippen LogP contribution in [0.3, 0.4) is 0 Å². The fourth-order valence-electron chi connectivity index (χ4n) is 1.41. The number of nitrogens with zero attached hydrogens (tertiary/aromatic N) is 2. The van der Waals surface area contributed by atoms with Crippen LogP contribution in [0.1, 0.15) is 11.4 Å². The molecule has 0 N–H and O–H groups in total. The Morgan fingerprint density at radius 2 is 2.08 bits per heavy atom. The van der Waals surface area contributed by atoms with Gasteiger partial charge >= 0.3 is 5.65 Å². The van der Waals surface area contributed by atoms with E-state index in [0.29, 0.717) is 0 Å². The first-order chi connectivity index (χ1) is 6.20. The van der Waals surface area contributed by atoms with Crippen molar-refractivity contribution in [1.29, 1.82) is 0 Å². The van der Waals surface area contributed by atoms with Gasteiger partial charge in [0.05, 0.1) is 11.1 Å². The lowest BCUT2D eigenvalue weighted by molar-refractivity contribution is -0.525. The van der Waals surface area contributed by atoms with Crippen molar-refractivity contribution in [3.63, 3.8) is 0 Å². The maximum absolute atomic E-state index is 4.42. The first-order valence-corrected chi connectivity index (χ1v) is 4.61. The average molecular weight is 191 g/mol. The Hall–Kier alpha value is -1.09. The highest BCUT2D eigenvalue weighted by molar-refractivity contribution is 7.80. The van der Waals surface area contributed by atoms with Crippen LogP contribution < -0.4 is 4.40 Å². The number of hydrogen-bond acceptors (Lipinski definition) is 2. The van der Waals surface area contributed by atoms with E-state index in [1.54, 1.807) is 0 Å². The Labute approximate surface area is 82.7 Å². The molecule has 0 aliphatic rings. The summed E-state index contributed by atoms with van der Waals surface area (Å²) in [4.78, 5) is 5.38. The predicted octanol–water partition coefficient (Wildman–Crippen LogP) is 1.73. The molecule has 0 bridgehead atoms. The third-order valence-corrected chi connectivity index (χ3v) is 2.81. The van der Waals surface area contributed by atoms with Gasteiger partial charge in [-0.15, -0.1) is 12.6 Å². The van der Waals surface area contributed by atoms with Crippen LogP contribution in [0, 0.1) is 13.8 Å². The molecule has 13 heavy (non-hydrogen) atoms. The van der Waals surface area contributed by atoms with E-state index >= 15 is 0 Å². The number of rotatable bonds is 0. The molecule has 3 heteroatoms. The Morgan fingerprint density at radius 3 is 2.85 bits per heavy atom. The largest absolute Gasteiger partial charge is 0.328 e. The van der Waals surface area contributed by atoms with E-state index in [1.807, 2.05) is 42.6 Å². The summed E-state index contributed by atoms with van der Waals surface area (Å²) in [6, 6.07) is 5.97. The van der Waals surface area contributed by atoms with E-state index in [-0.39, 0.29) is 0 Å². The van der Waals surface area contributed by atoms with Gasteiger partial charge in [-0.25, -0.2) is 0 Å². The van der Waals surface area contributed by atoms with Crippen LogP contribution in [0.25, 0.3) is 5.65 Å². The number of thiol groups is 1. The quantitative estimate of drug-likeness (QED) is 0.495. The van der Waals surface area contributed by atoms with Gasteiger partial charge in [-0.05, 0) is 18.0 Å². The second-order valence-electron chi connectivity index (χ2n) is 3.06. The van der Waals surface area contributed by atoms with Crippen LogP contribution in [-0.4, -0.2) is 4.98 Å². The summed E-state index contributed by atoms with van der Waals surface area (Å²) in [6.07, 6.45) is 2.00. The minimum Gasteiger partial charge on any atom is -0.200 e. The zero-order chi connectivity index (χ0) is 9.42. The van der Waals surface area contributed by atoms with Crippen molar-refractivity contribution in [2.45, 2.75) is 18.7 Å². The zero-order valence-corrected chi connectivity index (χ0v) is 8.55. The van der Waals surface area contributed by atoms with Gasteiger partial charge in [0, 0.05) is 13.0 Å². The smallest absolute Gasteiger partial charge is 0.200 e. The topological polar surface area (TPSA) is 17.0 Å². The molecule has 0 amide bonds. The van der Waals surface area contributed by atoms with E-state index in [1.165, 1.54) is 0 Å². The highest BCUT2D eigenvalue weighted by atomic mass is 32.1. The minimum atomic E-state index is 0.962. The molecule has 2 heterocycles. The number of fused-ring (bicyclic) bond motifs is 1. The molecule has 2 rings (SSSR count). The molecule has 0 aromatic carbocycles. The number of aryl methyl sites for hydroxylation is 2. The van der Waals surface area contributed by atoms with Gasteiger partial charge in [0.2, 0.25) is 0 Å². The van der Waals surface area contributed by atoms with E-state index in [0.717, 1.165) is 21.9 Å². The first kappa shape index (κ1) is 8.51. The molecule has 66 valence electrons. The third kappa shape index (κ3) is 1.29. The normalized spacial score (nSPS) is 10.7. The van der Waals surface area contributed by atoms with Crippen molar-refractivity contribution >= 4 is 18.3 Å². The lowest BCUT2D eigenvalue weighted by atomic mass is 10.3. The molecule has 0 fully saturated rings. The van der Waals surface area contributed by atoms with Crippen molar-refractivity contribution < 1.29 is 4.40 Å². The van der Waals surface area contributed by atoms with E-state index < -0.39 is 0 Å². The number of aromatic nitrogens is 2. The minimum absolute atomic E-state index is 0.962. The molecule has 0 radical (unpaired) electrons. The van der Waals surface area contributed by atoms with Gasteiger partial charge in [0.25, 0.3) is 0 Å². The summed E-state index contributed by atoms with van der Waals surface area (Å²) in [5.41, 5.74) is 3.08. The van der Waals surface area contributed by atoms with Gasteiger partial charge in [0.15, 0.2) is 5.69 Å². The second kappa shape index (κ2) is 3.00. The lowest BCUT2D eigenvalue weighted by Crippen LogP contribution is -2.27. The summed E-state index contributed by atoms with van der Waals surface area (Å²) < 4.78 is 2.04. The predicted molar refractivity (Wildman–Crippen MR) is 54.1 cm³/mol. The van der Waals surface area contributed by atoms with Gasteiger partial charge in [0.1, 0.15) is 5.69 Å². The Kier molecular flexibility index (Phi) is 1.96. The third-order valence-electron chi connectivity index (χ3n) is 2.17. The van der Waals surface area contributed by atoms with Crippen molar-refractivity contribution in [2.75, 3.05) is 0 Å². The Bertz CT molecular complexity index is 466. The molecule has 2 nitrogen and oxygen atoms in total. The molecule has 0 saturated carbocycles. The fraction of sp³-hybridized carbons (Fsp3) is 0.200. The monoisotopic (exact) mass is 191 g/mol. The SMILES string of the molecule is Cc1nc2cccc[n+]2c(C)c1S. The number of hydrogen-bond donors (Lipinski definition) is 1. The zero-order valence-electron chi connectivity index (χ0n) is 7.65. The average Bonchev–Trinajstić information content (AvgIpc) is 2.15. The highest BCUT2D eigenvalue weighted by Gasteiger charge is 2.12. The van der Waals surface area contributed by atoms with Crippen molar-refractivity contribution in [1.82, 2.24) is 4.98 Å². The van der Waals surface area contributed by atoms with E-state index in [2.05, 4.69) is 17.6 Å². The molecular weight excluding hydrogens is 180 g/mol. The van der Waals surface area contributed by atoms with Crippen LogP contribution in [-0.2, 0) is 0 Å². The summed E-state index contributed by atoms with van der Waals surface area (Å²) >= 11 is 4.40. The van der Waals surface area contributed by atoms with Gasteiger partial charge in [-0.1, -0.05) is 6.07 Å².